The van der Waals surface area contributed by atoms with Crippen molar-refractivity contribution >= 4 is 11.9 Å². The van der Waals surface area contributed by atoms with Gasteiger partial charge in [-0.25, -0.2) is 0 Å². The average Bonchev–Trinajstić information content (AvgIpc) is 3.27. The lowest BCUT2D eigenvalue weighted by atomic mass is 9.46. The van der Waals surface area contributed by atoms with Crippen LogP contribution < -0.4 is 0 Å². The summed E-state index contributed by atoms with van der Waals surface area (Å²) in [6.45, 7) is 8.96. The van der Waals surface area contributed by atoms with Crippen LogP contribution in [0.4, 0.5) is 0 Å². The van der Waals surface area contributed by atoms with Gasteiger partial charge in [0.1, 0.15) is 12.2 Å². The van der Waals surface area contributed by atoms with Crippen molar-refractivity contribution in [2.45, 2.75) is 90.6 Å². The van der Waals surface area contributed by atoms with Crippen LogP contribution in [0, 0.1) is 28.6 Å². The van der Waals surface area contributed by atoms with Crippen molar-refractivity contribution in [3.63, 3.8) is 0 Å². The molecule has 0 aromatic heterocycles. The molecule has 0 N–H and O–H groups in total. The zero-order valence-electron chi connectivity index (χ0n) is 19.3. The largest absolute Gasteiger partial charge is 0.462 e. The molecule has 7 atom stereocenters. The molecule has 172 valence electrons. The molecule has 1 saturated heterocycles. The summed E-state index contributed by atoms with van der Waals surface area (Å²) in [6, 6.07) is 0. The second kappa shape index (κ2) is 7.31. The van der Waals surface area contributed by atoms with Crippen molar-refractivity contribution in [1.29, 1.82) is 0 Å². The molecule has 4 aliphatic carbocycles. The van der Waals surface area contributed by atoms with E-state index in [0.717, 1.165) is 44.9 Å². The Hall–Kier alpha value is -1.40. The second-order valence-corrected chi connectivity index (χ2v) is 10.9. The summed E-state index contributed by atoms with van der Waals surface area (Å²) in [5.74, 6) is 0.266. The van der Waals surface area contributed by atoms with Gasteiger partial charge in [0, 0.05) is 38.0 Å². The maximum absolute atomic E-state index is 12.2. The van der Waals surface area contributed by atoms with Crippen LogP contribution in [0.1, 0.15) is 72.6 Å². The van der Waals surface area contributed by atoms with E-state index >= 15 is 0 Å². The fraction of sp³-hybridized carbons (Fsp3) is 0.840. The summed E-state index contributed by atoms with van der Waals surface area (Å²) < 4.78 is 24.2. The smallest absolute Gasteiger partial charge is 0.302 e. The van der Waals surface area contributed by atoms with Crippen molar-refractivity contribution in [2.75, 3.05) is 13.2 Å². The van der Waals surface area contributed by atoms with Crippen LogP contribution in [-0.2, 0) is 28.5 Å². The fourth-order valence-electron chi connectivity index (χ4n) is 8.26. The van der Waals surface area contributed by atoms with Gasteiger partial charge in [0.25, 0.3) is 0 Å². The van der Waals surface area contributed by atoms with E-state index in [2.05, 4.69) is 19.9 Å². The zero-order chi connectivity index (χ0) is 22.0. The van der Waals surface area contributed by atoms with E-state index in [4.69, 9.17) is 18.9 Å². The standard InChI is InChI=1S/C25H36O6/c1-15(26)30-18-7-9-23(3)17(13-18)5-6-19-20-8-10-25(28-11-12-29-25)24(20,4)14-21(22(19)23)31-16(2)27/h5,18-22H,6-14H2,1-4H3/t18-,19-,20-,21-,22+,23-,24-/m0/s1. The third-order valence-electron chi connectivity index (χ3n) is 9.42. The quantitative estimate of drug-likeness (QED) is 0.482. The van der Waals surface area contributed by atoms with Crippen molar-refractivity contribution in [3.05, 3.63) is 11.6 Å². The lowest BCUT2D eigenvalue weighted by Crippen LogP contribution is -2.60. The summed E-state index contributed by atoms with van der Waals surface area (Å²) >= 11 is 0. The molecule has 0 amide bonds. The fourth-order valence-corrected chi connectivity index (χ4v) is 8.26. The molecule has 0 radical (unpaired) electrons. The highest BCUT2D eigenvalue weighted by atomic mass is 16.7. The van der Waals surface area contributed by atoms with E-state index in [9.17, 15) is 9.59 Å². The zero-order valence-corrected chi connectivity index (χ0v) is 19.3. The van der Waals surface area contributed by atoms with Crippen LogP contribution in [0.3, 0.4) is 0 Å². The number of hydrogen-bond donors (Lipinski definition) is 0. The molecule has 4 fully saturated rings. The Bertz CT molecular complexity index is 798. The number of allylic oxidation sites excluding steroid dienone is 1. The number of carbonyl (C=O) groups excluding carboxylic acids is 2. The molecule has 0 aromatic rings. The van der Waals surface area contributed by atoms with Crippen LogP contribution in [-0.4, -0.2) is 43.1 Å². The molecule has 0 bridgehead atoms. The van der Waals surface area contributed by atoms with Crippen LogP contribution in [0.15, 0.2) is 11.6 Å². The number of carbonyl (C=O) groups is 2. The molecule has 5 rings (SSSR count). The lowest BCUT2D eigenvalue weighted by Gasteiger charge is -2.60. The SMILES string of the molecule is CC(=O)O[C@H]1CC[C@@]2(C)C(=CC[C@@H]3[C@@H]2[C@@H](OC(C)=O)C[C@@]2(C)[C@H]3CCC23OCCO3)C1. The van der Waals surface area contributed by atoms with E-state index in [0.29, 0.717) is 25.0 Å². The number of hydrogen-bond acceptors (Lipinski definition) is 6. The van der Waals surface area contributed by atoms with Crippen molar-refractivity contribution in [2.24, 2.45) is 28.6 Å². The summed E-state index contributed by atoms with van der Waals surface area (Å²) in [5, 5.41) is 0. The maximum Gasteiger partial charge on any atom is 0.302 e. The minimum atomic E-state index is -0.529. The average molecular weight is 433 g/mol. The maximum atomic E-state index is 12.2. The summed E-state index contributed by atoms with van der Waals surface area (Å²) in [5.41, 5.74) is 1.20. The molecule has 1 heterocycles. The van der Waals surface area contributed by atoms with Gasteiger partial charge in [0.05, 0.1) is 13.2 Å². The first kappa shape index (κ1) is 21.4. The molecule has 0 aromatic carbocycles. The summed E-state index contributed by atoms with van der Waals surface area (Å²) in [7, 11) is 0. The first-order chi connectivity index (χ1) is 14.7. The first-order valence-corrected chi connectivity index (χ1v) is 12.0. The lowest BCUT2D eigenvalue weighted by molar-refractivity contribution is -0.258. The van der Waals surface area contributed by atoms with E-state index in [1.165, 1.54) is 19.4 Å². The summed E-state index contributed by atoms with van der Waals surface area (Å²) in [6.07, 6.45) is 8.63. The predicted molar refractivity (Wildman–Crippen MR) is 113 cm³/mol. The van der Waals surface area contributed by atoms with Gasteiger partial charge in [-0.15, -0.1) is 0 Å². The van der Waals surface area contributed by atoms with Gasteiger partial charge >= 0.3 is 11.9 Å². The van der Waals surface area contributed by atoms with Crippen molar-refractivity contribution in [3.8, 4) is 0 Å². The Morgan fingerprint density at radius 3 is 2.42 bits per heavy atom. The molecule has 5 aliphatic rings. The predicted octanol–water partition coefficient (Wildman–Crippen LogP) is 4.17. The highest BCUT2D eigenvalue weighted by Crippen LogP contribution is 2.69. The molecular weight excluding hydrogens is 396 g/mol. The van der Waals surface area contributed by atoms with Gasteiger partial charge in [-0.2, -0.15) is 0 Å². The van der Waals surface area contributed by atoms with Crippen LogP contribution >= 0.6 is 0 Å². The Morgan fingerprint density at radius 2 is 1.74 bits per heavy atom. The number of rotatable bonds is 2. The van der Waals surface area contributed by atoms with Gasteiger partial charge in [-0.3, -0.25) is 9.59 Å². The third kappa shape index (κ3) is 3.12. The number of ether oxygens (including phenoxy) is 4. The second-order valence-electron chi connectivity index (χ2n) is 10.9. The van der Waals surface area contributed by atoms with Crippen LogP contribution in [0.2, 0.25) is 0 Å². The molecule has 0 unspecified atom stereocenters. The Kier molecular flexibility index (Phi) is 5.06. The minimum absolute atomic E-state index is 0.0336. The van der Waals surface area contributed by atoms with Gasteiger partial charge in [0.2, 0.25) is 0 Å². The molecule has 3 saturated carbocycles. The van der Waals surface area contributed by atoms with Crippen molar-refractivity contribution < 1.29 is 28.5 Å². The van der Waals surface area contributed by atoms with E-state index in [-0.39, 0.29) is 40.9 Å². The van der Waals surface area contributed by atoms with Gasteiger partial charge in [-0.05, 0) is 49.4 Å². The molecular formula is C25H36O6. The first-order valence-electron chi connectivity index (χ1n) is 12.0. The third-order valence-corrected chi connectivity index (χ3v) is 9.42. The van der Waals surface area contributed by atoms with E-state index in [1.807, 2.05) is 0 Å². The molecule has 1 aliphatic heterocycles. The minimum Gasteiger partial charge on any atom is -0.462 e. The van der Waals surface area contributed by atoms with Crippen molar-refractivity contribution in [1.82, 2.24) is 0 Å². The van der Waals surface area contributed by atoms with E-state index < -0.39 is 5.79 Å². The monoisotopic (exact) mass is 432 g/mol. The van der Waals surface area contributed by atoms with Gasteiger partial charge in [-0.1, -0.05) is 25.5 Å². The Morgan fingerprint density at radius 1 is 1.03 bits per heavy atom. The van der Waals surface area contributed by atoms with E-state index in [1.54, 1.807) is 0 Å². The summed E-state index contributed by atoms with van der Waals surface area (Å²) in [4.78, 5) is 23.7. The molecule has 31 heavy (non-hydrogen) atoms. The number of fused-ring (bicyclic) bond motifs is 6. The molecule has 6 nitrogen and oxygen atoms in total. The topological polar surface area (TPSA) is 71.1 Å². The normalized spacial score (nSPS) is 45.3. The number of esters is 2. The van der Waals surface area contributed by atoms with Crippen LogP contribution in [0.25, 0.3) is 0 Å². The Labute approximate surface area is 185 Å². The Balaban J connectivity index is 1.51. The highest BCUT2D eigenvalue weighted by molar-refractivity contribution is 5.66. The van der Waals surface area contributed by atoms with Gasteiger partial charge in [0.15, 0.2) is 5.79 Å². The highest BCUT2D eigenvalue weighted by Gasteiger charge is 2.69. The molecule has 1 spiro atoms. The van der Waals surface area contributed by atoms with Crippen LogP contribution in [0.5, 0.6) is 0 Å². The van der Waals surface area contributed by atoms with Gasteiger partial charge < -0.3 is 18.9 Å². The molecule has 6 heteroatoms.